The number of aromatic nitrogens is 1. The highest BCUT2D eigenvalue weighted by molar-refractivity contribution is 9.10. The number of para-hydroxylation sites is 1. The van der Waals surface area contributed by atoms with Crippen molar-refractivity contribution in [2.75, 3.05) is 0 Å². The molecule has 2 nitrogen and oxygen atoms in total. The van der Waals surface area contributed by atoms with Gasteiger partial charge in [-0.15, -0.1) is 0 Å². The Hall–Kier alpha value is -1.87. The largest absolute Gasteiger partial charge is 0.487 e. The molecule has 0 spiro atoms. The lowest BCUT2D eigenvalue weighted by atomic mass is 10.2. The van der Waals surface area contributed by atoms with E-state index in [0.29, 0.717) is 6.61 Å². The van der Waals surface area contributed by atoms with Crippen LogP contribution in [0.4, 0.5) is 0 Å². The van der Waals surface area contributed by atoms with Crippen molar-refractivity contribution in [2.45, 2.75) is 6.61 Å². The van der Waals surface area contributed by atoms with Gasteiger partial charge < -0.3 is 4.74 Å². The molecule has 1 aromatic heterocycles. The van der Waals surface area contributed by atoms with Crippen LogP contribution in [0.2, 0.25) is 0 Å². The molecule has 94 valence electrons. The number of halogens is 1. The molecule has 0 amide bonds. The van der Waals surface area contributed by atoms with E-state index in [4.69, 9.17) is 4.74 Å². The van der Waals surface area contributed by atoms with E-state index in [0.717, 1.165) is 26.8 Å². The monoisotopic (exact) mass is 313 g/mol. The van der Waals surface area contributed by atoms with Gasteiger partial charge in [0, 0.05) is 5.39 Å². The highest BCUT2D eigenvalue weighted by atomic mass is 79.9. The fraction of sp³-hybridized carbons (Fsp3) is 0.0625. The van der Waals surface area contributed by atoms with Crippen molar-refractivity contribution < 1.29 is 4.74 Å². The van der Waals surface area contributed by atoms with Gasteiger partial charge in [-0.05, 0) is 39.7 Å². The lowest BCUT2D eigenvalue weighted by Crippen LogP contribution is -1.96. The SMILES string of the molecule is Brc1ccc2cccc(OCc3ccccc3)c2n1. The maximum Gasteiger partial charge on any atom is 0.146 e. The standard InChI is InChI=1S/C16H12BrNO/c17-15-10-9-13-7-4-8-14(16(13)18-15)19-11-12-5-2-1-3-6-12/h1-10H,11H2. The van der Waals surface area contributed by atoms with Crippen LogP contribution in [-0.2, 0) is 6.61 Å². The highest BCUT2D eigenvalue weighted by Crippen LogP contribution is 2.26. The molecule has 0 saturated heterocycles. The first-order valence-corrected chi connectivity index (χ1v) is 6.84. The Bertz CT molecular complexity index is 697. The summed E-state index contributed by atoms with van der Waals surface area (Å²) in [5.74, 6) is 0.808. The van der Waals surface area contributed by atoms with Crippen LogP contribution in [0.25, 0.3) is 10.9 Å². The van der Waals surface area contributed by atoms with E-state index in [1.807, 2.05) is 48.5 Å². The topological polar surface area (TPSA) is 22.1 Å². The molecule has 0 radical (unpaired) electrons. The smallest absolute Gasteiger partial charge is 0.146 e. The van der Waals surface area contributed by atoms with E-state index in [-0.39, 0.29) is 0 Å². The van der Waals surface area contributed by atoms with Crippen molar-refractivity contribution in [1.82, 2.24) is 4.98 Å². The molecule has 1 heterocycles. The van der Waals surface area contributed by atoms with Gasteiger partial charge in [0.05, 0.1) is 0 Å². The molecule has 0 atom stereocenters. The summed E-state index contributed by atoms with van der Waals surface area (Å²) in [5, 5.41) is 1.08. The second kappa shape index (κ2) is 5.41. The molecule has 0 saturated carbocycles. The van der Waals surface area contributed by atoms with Crippen LogP contribution in [-0.4, -0.2) is 4.98 Å². The van der Waals surface area contributed by atoms with Gasteiger partial charge in [0.15, 0.2) is 0 Å². The highest BCUT2D eigenvalue weighted by Gasteiger charge is 2.04. The minimum atomic E-state index is 0.550. The fourth-order valence-corrected chi connectivity index (χ4v) is 2.26. The Balaban J connectivity index is 1.90. The first kappa shape index (κ1) is 12.2. The van der Waals surface area contributed by atoms with Crippen LogP contribution >= 0.6 is 15.9 Å². The number of hydrogen-bond acceptors (Lipinski definition) is 2. The van der Waals surface area contributed by atoms with E-state index >= 15 is 0 Å². The number of ether oxygens (including phenoxy) is 1. The maximum absolute atomic E-state index is 5.88. The van der Waals surface area contributed by atoms with Crippen LogP contribution in [0.3, 0.4) is 0 Å². The van der Waals surface area contributed by atoms with E-state index in [1.54, 1.807) is 0 Å². The lowest BCUT2D eigenvalue weighted by molar-refractivity contribution is 0.309. The molecule has 19 heavy (non-hydrogen) atoms. The quantitative estimate of drug-likeness (QED) is 0.660. The molecule has 0 aliphatic carbocycles. The summed E-state index contributed by atoms with van der Waals surface area (Å²) in [5.41, 5.74) is 2.03. The summed E-state index contributed by atoms with van der Waals surface area (Å²) in [6.45, 7) is 0.550. The third-order valence-corrected chi connectivity index (χ3v) is 3.33. The van der Waals surface area contributed by atoms with Gasteiger partial charge >= 0.3 is 0 Å². The third-order valence-electron chi connectivity index (χ3n) is 2.89. The summed E-state index contributed by atoms with van der Waals surface area (Å²) in [6.07, 6.45) is 0. The summed E-state index contributed by atoms with van der Waals surface area (Å²) in [4.78, 5) is 4.48. The van der Waals surface area contributed by atoms with Crippen molar-refractivity contribution in [1.29, 1.82) is 0 Å². The average Bonchev–Trinajstić information content (AvgIpc) is 2.46. The van der Waals surface area contributed by atoms with Crippen LogP contribution < -0.4 is 4.74 Å². The lowest BCUT2D eigenvalue weighted by Gasteiger charge is -2.09. The summed E-state index contributed by atoms with van der Waals surface area (Å²) >= 11 is 3.40. The van der Waals surface area contributed by atoms with Crippen molar-refractivity contribution in [3.8, 4) is 5.75 Å². The Morgan fingerprint density at radius 3 is 2.58 bits per heavy atom. The molecule has 0 fully saturated rings. The molecule has 0 unspecified atom stereocenters. The van der Waals surface area contributed by atoms with Crippen LogP contribution in [0.1, 0.15) is 5.56 Å². The van der Waals surface area contributed by atoms with Gasteiger partial charge in [-0.1, -0.05) is 42.5 Å². The van der Waals surface area contributed by atoms with E-state index in [2.05, 4.69) is 33.0 Å². The molecule has 3 rings (SSSR count). The van der Waals surface area contributed by atoms with Crippen LogP contribution in [0.15, 0.2) is 65.3 Å². The summed E-state index contributed by atoms with van der Waals surface area (Å²) in [6, 6.07) is 20.1. The number of nitrogens with zero attached hydrogens (tertiary/aromatic N) is 1. The molecule has 3 aromatic rings. The van der Waals surface area contributed by atoms with Gasteiger partial charge in [0.1, 0.15) is 22.5 Å². The second-order valence-electron chi connectivity index (χ2n) is 4.24. The van der Waals surface area contributed by atoms with E-state index in [9.17, 15) is 0 Å². The Labute approximate surface area is 120 Å². The number of benzene rings is 2. The molecule has 0 aliphatic rings. The van der Waals surface area contributed by atoms with E-state index in [1.165, 1.54) is 0 Å². The van der Waals surface area contributed by atoms with Crippen molar-refractivity contribution in [3.63, 3.8) is 0 Å². The van der Waals surface area contributed by atoms with Crippen molar-refractivity contribution in [2.24, 2.45) is 0 Å². The minimum absolute atomic E-state index is 0.550. The molecule has 3 heteroatoms. The minimum Gasteiger partial charge on any atom is -0.487 e. The van der Waals surface area contributed by atoms with Crippen molar-refractivity contribution >= 4 is 26.8 Å². The summed E-state index contributed by atoms with van der Waals surface area (Å²) in [7, 11) is 0. The Morgan fingerprint density at radius 1 is 0.895 bits per heavy atom. The maximum atomic E-state index is 5.88. The molecule has 2 aromatic carbocycles. The predicted octanol–water partition coefficient (Wildman–Crippen LogP) is 4.58. The molecular weight excluding hydrogens is 302 g/mol. The van der Waals surface area contributed by atoms with Gasteiger partial charge in [-0.2, -0.15) is 0 Å². The zero-order chi connectivity index (χ0) is 13.1. The summed E-state index contributed by atoms with van der Waals surface area (Å²) < 4.78 is 6.69. The molecule has 0 N–H and O–H groups in total. The number of rotatable bonds is 3. The average molecular weight is 314 g/mol. The fourth-order valence-electron chi connectivity index (χ4n) is 1.95. The van der Waals surface area contributed by atoms with Crippen LogP contribution in [0.5, 0.6) is 5.75 Å². The first-order chi connectivity index (χ1) is 9.33. The molecule has 0 bridgehead atoms. The van der Waals surface area contributed by atoms with Gasteiger partial charge in [-0.3, -0.25) is 0 Å². The van der Waals surface area contributed by atoms with E-state index < -0.39 is 0 Å². The number of pyridine rings is 1. The zero-order valence-electron chi connectivity index (χ0n) is 10.2. The zero-order valence-corrected chi connectivity index (χ0v) is 11.8. The normalized spacial score (nSPS) is 10.6. The Kier molecular flexibility index (Phi) is 3.47. The third kappa shape index (κ3) is 2.76. The van der Waals surface area contributed by atoms with Gasteiger partial charge in [0.25, 0.3) is 0 Å². The van der Waals surface area contributed by atoms with Gasteiger partial charge in [0.2, 0.25) is 0 Å². The number of hydrogen-bond donors (Lipinski definition) is 0. The Morgan fingerprint density at radius 2 is 1.74 bits per heavy atom. The van der Waals surface area contributed by atoms with Crippen molar-refractivity contribution in [3.05, 3.63) is 70.8 Å². The molecule has 0 aliphatic heterocycles. The first-order valence-electron chi connectivity index (χ1n) is 6.05. The number of fused-ring (bicyclic) bond motifs is 1. The van der Waals surface area contributed by atoms with Crippen LogP contribution in [0, 0.1) is 0 Å². The second-order valence-corrected chi connectivity index (χ2v) is 5.05. The molecular formula is C16H12BrNO. The van der Waals surface area contributed by atoms with Gasteiger partial charge in [-0.25, -0.2) is 4.98 Å². The predicted molar refractivity (Wildman–Crippen MR) is 80.2 cm³/mol.